The fraction of sp³-hybridized carbons (Fsp3) is 0.933. The molecule has 0 atom stereocenters. The lowest BCUT2D eigenvalue weighted by atomic mass is 9.87. The Morgan fingerprint density at radius 3 is 2.00 bits per heavy atom. The van der Waals surface area contributed by atoms with Gasteiger partial charge in [-0.15, -0.1) is 0 Å². The molecule has 1 aliphatic heterocycles. The highest BCUT2D eigenvalue weighted by atomic mass is 15.3. The Balaban J connectivity index is 1.83. The second-order valence-corrected chi connectivity index (χ2v) is 6.87. The molecule has 0 aromatic carbocycles. The number of hydrogen-bond acceptors (Lipinski definition) is 2. The van der Waals surface area contributed by atoms with Gasteiger partial charge < -0.3 is 4.90 Å². The van der Waals surface area contributed by atoms with Crippen molar-refractivity contribution in [3.05, 3.63) is 0 Å². The zero-order chi connectivity index (χ0) is 13.2. The maximum atomic E-state index is 8.41. The zero-order valence-corrected chi connectivity index (χ0v) is 12.3. The molecule has 1 N–H and O–H groups in total. The van der Waals surface area contributed by atoms with Gasteiger partial charge in [0, 0.05) is 37.6 Å². The highest BCUT2D eigenvalue weighted by Gasteiger charge is 2.29. The van der Waals surface area contributed by atoms with E-state index in [0.29, 0.717) is 5.92 Å². The number of amidine groups is 1. The third-order valence-corrected chi connectivity index (χ3v) is 4.56. The maximum Gasteiger partial charge on any atom is 0.0990 e. The van der Waals surface area contributed by atoms with Crippen LogP contribution in [0.2, 0.25) is 0 Å². The largest absolute Gasteiger partial charge is 0.358 e. The molecule has 0 amide bonds. The van der Waals surface area contributed by atoms with Crippen LogP contribution in [0.5, 0.6) is 0 Å². The van der Waals surface area contributed by atoms with Gasteiger partial charge in [0.15, 0.2) is 0 Å². The third-order valence-electron chi connectivity index (χ3n) is 4.56. The topological polar surface area (TPSA) is 30.3 Å². The molecular weight excluding hydrogens is 222 g/mol. The lowest BCUT2D eigenvalue weighted by Gasteiger charge is -2.44. The Kier molecular flexibility index (Phi) is 4.31. The van der Waals surface area contributed by atoms with E-state index in [1.807, 2.05) is 0 Å². The normalized spacial score (nSPS) is 24.3. The number of nitrogens with zero attached hydrogens (tertiary/aromatic N) is 2. The van der Waals surface area contributed by atoms with Crippen LogP contribution in [0.4, 0.5) is 0 Å². The second-order valence-electron chi connectivity index (χ2n) is 6.87. The van der Waals surface area contributed by atoms with E-state index in [-0.39, 0.29) is 5.54 Å². The minimum atomic E-state index is 0.277. The van der Waals surface area contributed by atoms with E-state index in [1.165, 1.54) is 32.1 Å². The molecule has 0 aromatic rings. The van der Waals surface area contributed by atoms with Crippen LogP contribution in [0.1, 0.15) is 52.9 Å². The average Bonchev–Trinajstić information content (AvgIpc) is 2.38. The van der Waals surface area contributed by atoms with Crippen molar-refractivity contribution in [3.8, 4) is 0 Å². The van der Waals surface area contributed by atoms with Crippen LogP contribution < -0.4 is 0 Å². The highest BCUT2D eigenvalue weighted by Crippen LogP contribution is 2.26. The van der Waals surface area contributed by atoms with Crippen LogP contribution in [-0.2, 0) is 0 Å². The number of hydrogen-bond donors (Lipinski definition) is 1. The summed E-state index contributed by atoms with van der Waals surface area (Å²) in [6.07, 6.45) is 6.53. The fourth-order valence-corrected chi connectivity index (χ4v) is 3.25. The molecule has 0 unspecified atom stereocenters. The molecule has 104 valence electrons. The van der Waals surface area contributed by atoms with Gasteiger partial charge in [0.1, 0.15) is 0 Å². The molecule has 3 heteroatoms. The maximum absolute atomic E-state index is 8.41. The van der Waals surface area contributed by atoms with Crippen LogP contribution in [0, 0.1) is 11.3 Å². The van der Waals surface area contributed by atoms with Gasteiger partial charge in [-0.05, 0) is 33.6 Å². The second kappa shape index (κ2) is 5.60. The summed E-state index contributed by atoms with van der Waals surface area (Å²) in [4.78, 5) is 4.87. The van der Waals surface area contributed by atoms with Crippen molar-refractivity contribution in [2.24, 2.45) is 5.92 Å². The molecule has 1 heterocycles. The van der Waals surface area contributed by atoms with Crippen LogP contribution >= 0.6 is 0 Å². The molecule has 0 spiro atoms. The van der Waals surface area contributed by atoms with Gasteiger partial charge in [0.25, 0.3) is 0 Å². The van der Waals surface area contributed by atoms with Crippen molar-refractivity contribution in [3.63, 3.8) is 0 Å². The zero-order valence-electron chi connectivity index (χ0n) is 12.3. The first kappa shape index (κ1) is 13.9. The average molecular weight is 251 g/mol. The fourth-order valence-electron chi connectivity index (χ4n) is 3.25. The smallest absolute Gasteiger partial charge is 0.0990 e. The summed E-state index contributed by atoms with van der Waals surface area (Å²) in [6, 6.07) is 0. The third kappa shape index (κ3) is 3.25. The summed E-state index contributed by atoms with van der Waals surface area (Å²) in [5, 5.41) is 8.41. The summed E-state index contributed by atoms with van der Waals surface area (Å²) in [5.74, 6) is 1.49. The van der Waals surface area contributed by atoms with Crippen LogP contribution in [0.25, 0.3) is 0 Å². The van der Waals surface area contributed by atoms with Gasteiger partial charge >= 0.3 is 0 Å². The molecule has 1 aliphatic carbocycles. The van der Waals surface area contributed by atoms with Crippen molar-refractivity contribution >= 4 is 5.84 Å². The van der Waals surface area contributed by atoms with E-state index in [4.69, 9.17) is 5.41 Å². The summed E-state index contributed by atoms with van der Waals surface area (Å²) in [6.45, 7) is 11.2. The monoisotopic (exact) mass is 251 g/mol. The molecule has 2 aliphatic rings. The highest BCUT2D eigenvalue weighted by molar-refractivity contribution is 5.81. The summed E-state index contributed by atoms with van der Waals surface area (Å²) < 4.78 is 0. The summed E-state index contributed by atoms with van der Waals surface area (Å²) >= 11 is 0. The molecule has 0 bridgehead atoms. The molecular formula is C15H29N3. The molecule has 1 saturated heterocycles. The minimum absolute atomic E-state index is 0.277. The first-order valence-corrected chi connectivity index (χ1v) is 7.57. The van der Waals surface area contributed by atoms with E-state index in [2.05, 4.69) is 30.6 Å². The van der Waals surface area contributed by atoms with Crippen molar-refractivity contribution < 1.29 is 0 Å². The van der Waals surface area contributed by atoms with Gasteiger partial charge in [-0.2, -0.15) is 0 Å². The van der Waals surface area contributed by atoms with Gasteiger partial charge in [-0.3, -0.25) is 10.3 Å². The molecule has 18 heavy (non-hydrogen) atoms. The van der Waals surface area contributed by atoms with Gasteiger partial charge in [0.2, 0.25) is 0 Å². The van der Waals surface area contributed by atoms with E-state index < -0.39 is 0 Å². The number of nitrogens with one attached hydrogen (secondary N) is 1. The van der Waals surface area contributed by atoms with Gasteiger partial charge in [-0.1, -0.05) is 19.3 Å². The number of rotatable bonds is 1. The first-order valence-electron chi connectivity index (χ1n) is 7.57. The van der Waals surface area contributed by atoms with Crippen molar-refractivity contribution in [2.45, 2.75) is 58.4 Å². The van der Waals surface area contributed by atoms with Crippen molar-refractivity contribution in [1.29, 1.82) is 5.41 Å². The van der Waals surface area contributed by atoms with E-state index in [1.54, 1.807) is 0 Å². The van der Waals surface area contributed by atoms with Crippen molar-refractivity contribution in [1.82, 2.24) is 9.80 Å². The minimum Gasteiger partial charge on any atom is -0.358 e. The molecule has 0 aromatic heterocycles. The van der Waals surface area contributed by atoms with Gasteiger partial charge in [0.05, 0.1) is 5.84 Å². The Morgan fingerprint density at radius 2 is 1.50 bits per heavy atom. The van der Waals surface area contributed by atoms with E-state index in [0.717, 1.165) is 32.0 Å². The quantitative estimate of drug-likeness (QED) is 0.573. The predicted octanol–water partition coefficient (Wildman–Crippen LogP) is 2.96. The Morgan fingerprint density at radius 1 is 0.944 bits per heavy atom. The lowest BCUT2D eigenvalue weighted by Crippen LogP contribution is -2.55. The van der Waals surface area contributed by atoms with Crippen LogP contribution in [-0.4, -0.2) is 47.4 Å². The van der Waals surface area contributed by atoms with E-state index >= 15 is 0 Å². The molecule has 2 rings (SSSR count). The molecule has 2 fully saturated rings. The molecule has 3 nitrogen and oxygen atoms in total. The summed E-state index contributed by atoms with van der Waals surface area (Å²) in [7, 11) is 0. The van der Waals surface area contributed by atoms with Crippen LogP contribution in [0.15, 0.2) is 0 Å². The van der Waals surface area contributed by atoms with Crippen molar-refractivity contribution in [2.75, 3.05) is 26.2 Å². The number of piperazine rings is 1. The lowest BCUT2D eigenvalue weighted by molar-refractivity contribution is 0.0856. The standard InChI is InChI=1S/C15H29N3/c1-15(2,3)18-11-9-17(10-12-18)14(16)13-7-5-4-6-8-13/h13,16H,4-12H2,1-3H3. The van der Waals surface area contributed by atoms with Crippen LogP contribution in [0.3, 0.4) is 0 Å². The Labute approximate surface area is 112 Å². The van der Waals surface area contributed by atoms with E-state index in [9.17, 15) is 0 Å². The predicted molar refractivity (Wildman–Crippen MR) is 77.2 cm³/mol. The Bertz CT molecular complexity index is 279. The Hall–Kier alpha value is -0.570. The SMILES string of the molecule is CC(C)(C)N1CCN(C(=N)C2CCCCC2)CC1. The summed E-state index contributed by atoms with van der Waals surface area (Å²) in [5.41, 5.74) is 0.277. The first-order chi connectivity index (χ1) is 8.48. The van der Waals surface area contributed by atoms with Gasteiger partial charge in [-0.25, -0.2) is 0 Å². The molecule has 1 saturated carbocycles. The molecule has 0 radical (unpaired) electrons.